The first-order valence-electron chi connectivity index (χ1n) is 5.71. The van der Waals surface area contributed by atoms with E-state index in [0.717, 1.165) is 33.2 Å². The summed E-state index contributed by atoms with van der Waals surface area (Å²) in [5, 5.41) is 6.99. The van der Waals surface area contributed by atoms with Crippen molar-refractivity contribution in [1.82, 2.24) is 10.2 Å². The largest absolute Gasteiger partial charge is 0.497 e. The highest BCUT2D eigenvalue weighted by Crippen LogP contribution is 2.43. The van der Waals surface area contributed by atoms with Crippen molar-refractivity contribution in [2.24, 2.45) is 0 Å². The lowest BCUT2D eigenvalue weighted by Crippen LogP contribution is -2.04. The minimum Gasteiger partial charge on any atom is -0.497 e. The molecule has 1 N–H and O–H groups in total. The van der Waals surface area contributed by atoms with Crippen molar-refractivity contribution < 1.29 is 14.3 Å². The van der Waals surface area contributed by atoms with E-state index in [1.54, 1.807) is 18.9 Å². The Bertz CT molecular complexity index is 651. The fraction of sp³-hybridized carbons (Fsp3) is 0.231. The number of thioether (sulfide) groups is 1. The number of nitrogens with zero attached hydrogens (tertiary/aromatic N) is 1. The first-order valence-corrected chi connectivity index (χ1v) is 6.70. The smallest absolute Gasteiger partial charge is 0.357 e. The van der Waals surface area contributed by atoms with E-state index in [1.807, 2.05) is 18.2 Å². The number of carbonyl (C=O) groups is 1. The highest BCUT2D eigenvalue weighted by molar-refractivity contribution is 7.98. The van der Waals surface area contributed by atoms with Crippen LogP contribution in [-0.4, -0.2) is 30.4 Å². The van der Waals surface area contributed by atoms with Crippen molar-refractivity contribution in [3.8, 4) is 17.0 Å². The highest BCUT2D eigenvalue weighted by atomic mass is 32.2. The molecule has 2 aromatic rings. The summed E-state index contributed by atoms with van der Waals surface area (Å²) in [7, 11) is 3.01. The molecule has 98 valence electrons. The summed E-state index contributed by atoms with van der Waals surface area (Å²) in [5.41, 5.74) is 3.40. The molecule has 0 saturated heterocycles. The zero-order valence-electron chi connectivity index (χ0n) is 10.5. The summed E-state index contributed by atoms with van der Waals surface area (Å²) in [6, 6.07) is 5.86. The molecule has 0 bridgehead atoms. The van der Waals surface area contributed by atoms with Crippen LogP contribution in [-0.2, 0) is 10.5 Å². The molecule has 0 aliphatic carbocycles. The maximum Gasteiger partial charge on any atom is 0.357 e. The number of ether oxygens (including phenoxy) is 2. The van der Waals surface area contributed by atoms with E-state index in [4.69, 9.17) is 9.47 Å². The Morgan fingerprint density at radius 2 is 2.26 bits per heavy atom. The van der Waals surface area contributed by atoms with E-state index in [0.29, 0.717) is 5.69 Å². The van der Waals surface area contributed by atoms with Crippen molar-refractivity contribution >= 4 is 17.7 Å². The molecule has 19 heavy (non-hydrogen) atoms. The topological polar surface area (TPSA) is 64.2 Å². The number of carbonyl (C=O) groups excluding carboxylic acids is 1. The number of esters is 1. The van der Waals surface area contributed by atoms with Crippen molar-refractivity contribution in [3.05, 3.63) is 29.5 Å². The second-order valence-electron chi connectivity index (χ2n) is 4.08. The SMILES string of the molecule is COC(=O)c1[nH]nc2c1SCc1cc(OC)ccc1-2. The van der Waals surface area contributed by atoms with Gasteiger partial charge in [0.2, 0.25) is 0 Å². The Balaban J connectivity index is 2.10. The van der Waals surface area contributed by atoms with Gasteiger partial charge in [-0.1, -0.05) is 0 Å². The van der Waals surface area contributed by atoms with Gasteiger partial charge in [-0.25, -0.2) is 4.79 Å². The van der Waals surface area contributed by atoms with Gasteiger partial charge in [-0.05, 0) is 23.8 Å². The van der Waals surface area contributed by atoms with Crippen LogP contribution < -0.4 is 4.74 Å². The van der Waals surface area contributed by atoms with Crippen LogP contribution in [0.5, 0.6) is 5.75 Å². The van der Waals surface area contributed by atoms with Crippen molar-refractivity contribution in [2.75, 3.05) is 14.2 Å². The Kier molecular flexibility index (Phi) is 2.94. The molecular weight excluding hydrogens is 264 g/mol. The van der Waals surface area contributed by atoms with E-state index in [-0.39, 0.29) is 0 Å². The van der Waals surface area contributed by atoms with Crippen molar-refractivity contribution in [3.63, 3.8) is 0 Å². The van der Waals surface area contributed by atoms with Crippen molar-refractivity contribution in [1.29, 1.82) is 0 Å². The number of H-pyrrole nitrogens is 1. The Morgan fingerprint density at radius 3 is 3.00 bits per heavy atom. The molecule has 2 heterocycles. The van der Waals surface area contributed by atoms with E-state index in [9.17, 15) is 4.79 Å². The molecule has 0 spiro atoms. The highest BCUT2D eigenvalue weighted by Gasteiger charge is 2.26. The molecule has 0 saturated carbocycles. The second-order valence-corrected chi connectivity index (χ2v) is 5.07. The fourth-order valence-corrected chi connectivity index (χ4v) is 3.20. The molecule has 1 aromatic heterocycles. The summed E-state index contributed by atoms with van der Waals surface area (Å²) < 4.78 is 9.96. The van der Waals surface area contributed by atoms with Gasteiger partial charge in [0.25, 0.3) is 0 Å². The average Bonchev–Trinajstić information content (AvgIpc) is 2.89. The normalized spacial score (nSPS) is 12.5. The summed E-state index contributed by atoms with van der Waals surface area (Å²) in [5.74, 6) is 1.22. The Labute approximate surface area is 114 Å². The van der Waals surface area contributed by atoms with E-state index in [2.05, 4.69) is 10.2 Å². The molecule has 1 aromatic carbocycles. The lowest BCUT2D eigenvalue weighted by atomic mass is 10.0. The van der Waals surface area contributed by atoms with Gasteiger partial charge in [-0.2, -0.15) is 5.10 Å². The van der Waals surface area contributed by atoms with Crippen LogP contribution >= 0.6 is 11.8 Å². The first-order chi connectivity index (χ1) is 9.24. The summed E-state index contributed by atoms with van der Waals surface area (Å²) >= 11 is 1.58. The average molecular weight is 276 g/mol. The van der Waals surface area contributed by atoms with Gasteiger partial charge < -0.3 is 9.47 Å². The summed E-state index contributed by atoms with van der Waals surface area (Å²) in [4.78, 5) is 12.5. The molecule has 0 amide bonds. The third-order valence-electron chi connectivity index (χ3n) is 3.05. The number of aromatic amines is 1. The number of nitrogens with one attached hydrogen (secondary N) is 1. The van der Waals surface area contributed by atoms with Crippen LogP contribution in [0.25, 0.3) is 11.3 Å². The lowest BCUT2D eigenvalue weighted by molar-refractivity contribution is 0.0590. The molecule has 0 fully saturated rings. The van der Waals surface area contributed by atoms with Crippen LogP contribution in [0.2, 0.25) is 0 Å². The number of aromatic nitrogens is 2. The minimum absolute atomic E-state index is 0.391. The van der Waals surface area contributed by atoms with Gasteiger partial charge in [-0.15, -0.1) is 11.8 Å². The van der Waals surface area contributed by atoms with E-state index >= 15 is 0 Å². The second kappa shape index (κ2) is 4.62. The van der Waals surface area contributed by atoms with Gasteiger partial charge in [0.15, 0.2) is 5.69 Å². The quantitative estimate of drug-likeness (QED) is 0.854. The van der Waals surface area contributed by atoms with E-state index < -0.39 is 5.97 Å². The minimum atomic E-state index is -0.391. The Hall–Kier alpha value is -1.95. The van der Waals surface area contributed by atoms with Gasteiger partial charge in [0.1, 0.15) is 11.4 Å². The van der Waals surface area contributed by atoms with Crippen LogP contribution in [0.15, 0.2) is 23.1 Å². The summed E-state index contributed by atoms with van der Waals surface area (Å²) in [6.07, 6.45) is 0. The predicted octanol–water partition coefficient (Wildman–Crippen LogP) is 2.48. The molecule has 6 heteroatoms. The molecule has 3 rings (SSSR count). The van der Waals surface area contributed by atoms with Crippen LogP contribution in [0.3, 0.4) is 0 Å². The van der Waals surface area contributed by atoms with Crippen molar-refractivity contribution in [2.45, 2.75) is 10.6 Å². The maximum atomic E-state index is 11.6. The molecule has 0 radical (unpaired) electrons. The fourth-order valence-electron chi connectivity index (χ4n) is 2.09. The van der Waals surface area contributed by atoms with Gasteiger partial charge >= 0.3 is 5.97 Å². The van der Waals surface area contributed by atoms with E-state index in [1.165, 1.54) is 7.11 Å². The van der Waals surface area contributed by atoms with Gasteiger partial charge in [0.05, 0.1) is 19.1 Å². The molecule has 1 aliphatic rings. The number of benzene rings is 1. The zero-order chi connectivity index (χ0) is 13.4. The Morgan fingerprint density at radius 1 is 1.42 bits per heavy atom. The number of methoxy groups -OCH3 is 2. The third-order valence-corrected chi connectivity index (χ3v) is 4.19. The van der Waals surface area contributed by atoms with Gasteiger partial charge in [0, 0.05) is 11.3 Å². The molecular formula is C13H12N2O3S. The monoisotopic (exact) mass is 276 g/mol. The molecule has 1 aliphatic heterocycles. The lowest BCUT2D eigenvalue weighted by Gasteiger charge is -2.16. The number of rotatable bonds is 2. The first kappa shape index (κ1) is 12.1. The zero-order valence-corrected chi connectivity index (χ0v) is 11.3. The maximum absolute atomic E-state index is 11.6. The number of hydrogen-bond acceptors (Lipinski definition) is 5. The standard InChI is InChI=1S/C13H12N2O3S/c1-17-8-3-4-9-7(5-8)6-19-12-10(9)14-15-11(12)13(16)18-2/h3-5H,6H2,1-2H3,(H,14,15). The van der Waals surface area contributed by atoms with Gasteiger partial charge in [-0.3, -0.25) is 5.10 Å². The third kappa shape index (κ3) is 1.88. The van der Waals surface area contributed by atoms with Crippen LogP contribution in [0, 0.1) is 0 Å². The summed E-state index contributed by atoms with van der Waals surface area (Å²) in [6.45, 7) is 0. The number of fused-ring (bicyclic) bond motifs is 3. The molecule has 0 atom stereocenters. The molecule has 0 unspecified atom stereocenters. The van der Waals surface area contributed by atoms with Crippen LogP contribution in [0.4, 0.5) is 0 Å². The molecule has 5 nitrogen and oxygen atoms in total. The predicted molar refractivity (Wildman–Crippen MR) is 71.5 cm³/mol. The number of hydrogen-bond donors (Lipinski definition) is 1. The van der Waals surface area contributed by atoms with Crippen LogP contribution in [0.1, 0.15) is 16.1 Å².